The maximum Gasteiger partial charge on any atom is 0.274 e. The third kappa shape index (κ3) is 5.74. The van der Waals surface area contributed by atoms with Crippen molar-refractivity contribution in [3.8, 4) is 0 Å². The SMILES string of the molecule is Cc1nc(NCCC(C)C)cc(C(=O)Nc2ccc(N(C)C)cc2)n1. The van der Waals surface area contributed by atoms with E-state index in [0.29, 0.717) is 23.3 Å². The lowest BCUT2D eigenvalue weighted by atomic mass is 10.1. The number of aromatic nitrogens is 2. The fourth-order valence-electron chi connectivity index (χ4n) is 2.30. The third-order valence-electron chi connectivity index (χ3n) is 3.74. The van der Waals surface area contributed by atoms with Crippen LogP contribution in [0, 0.1) is 12.8 Å². The highest BCUT2D eigenvalue weighted by atomic mass is 16.1. The topological polar surface area (TPSA) is 70.2 Å². The van der Waals surface area contributed by atoms with Gasteiger partial charge in [-0.3, -0.25) is 4.79 Å². The van der Waals surface area contributed by atoms with Gasteiger partial charge in [-0.25, -0.2) is 9.97 Å². The quantitative estimate of drug-likeness (QED) is 0.806. The van der Waals surface area contributed by atoms with Crippen LogP contribution >= 0.6 is 0 Å². The lowest BCUT2D eigenvalue weighted by Crippen LogP contribution is -2.16. The third-order valence-corrected chi connectivity index (χ3v) is 3.74. The predicted molar refractivity (Wildman–Crippen MR) is 103 cm³/mol. The van der Waals surface area contributed by atoms with Crippen LogP contribution in [0.4, 0.5) is 17.2 Å². The fourth-order valence-corrected chi connectivity index (χ4v) is 2.30. The van der Waals surface area contributed by atoms with Gasteiger partial charge >= 0.3 is 0 Å². The maximum absolute atomic E-state index is 12.5. The molecule has 0 bridgehead atoms. The molecule has 0 unspecified atom stereocenters. The van der Waals surface area contributed by atoms with E-state index < -0.39 is 0 Å². The minimum Gasteiger partial charge on any atom is -0.378 e. The first-order valence-electron chi connectivity index (χ1n) is 8.53. The zero-order valence-corrected chi connectivity index (χ0v) is 15.6. The molecule has 6 nitrogen and oxygen atoms in total. The number of carbonyl (C=O) groups excluding carboxylic acids is 1. The minimum atomic E-state index is -0.241. The van der Waals surface area contributed by atoms with Gasteiger partial charge in [0.2, 0.25) is 0 Å². The van der Waals surface area contributed by atoms with Crippen molar-refractivity contribution >= 4 is 23.1 Å². The van der Waals surface area contributed by atoms with E-state index in [1.807, 2.05) is 43.3 Å². The predicted octanol–water partition coefficient (Wildman–Crippen LogP) is 3.56. The molecule has 0 aliphatic rings. The van der Waals surface area contributed by atoms with Crippen LogP contribution in [-0.4, -0.2) is 36.5 Å². The van der Waals surface area contributed by atoms with Gasteiger partial charge in [0.15, 0.2) is 0 Å². The summed E-state index contributed by atoms with van der Waals surface area (Å²) in [7, 11) is 3.95. The summed E-state index contributed by atoms with van der Waals surface area (Å²) in [6, 6.07) is 9.36. The second-order valence-corrected chi connectivity index (χ2v) is 6.69. The molecule has 2 N–H and O–H groups in total. The Morgan fingerprint density at radius 3 is 2.44 bits per heavy atom. The van der Waals surface area contributed by atoms with Crippen LogP contribution in [0.5, 0.6) is 0 Å². The second kappa shape index (κ2) is 8.46. The standard InChI is InChI=1S/C19H27N5O/c1-13(2)10-11-20-18-12-17(21-14(3)22-18)19(25)23-15-6-8-16(9-7-15)24(4)5/h6-9,12-13H,10-11H2,1-5H3,(H,23,25)(H,20,21,22). The summed E-state index contributed by atoms with van der Waals surface area (Å²) < 4.78 is 0. The number of carbonyl (C=O) groups is 1. The van der Waals surface area contributed by atoms with Gasteiger partial charge in [0, 0.05) is 38.1 Å². The van der Waals surface area contributed by atoms with Crippen molar-refractivity contribution in [3.63, 3.8) is 0 Å². The Morgan fingerprint density at radius 1 is 1.16 bits per heavy atom. The molecule has 25 heavy (non-hydrogen) atoms. The van der Waals surface area contributed by atoms with Gasteiger partial charge in [0.25, 0.3) is 5.91 Å². The van der Waals surface area contributed by atoms with Crippen molar-refractivity contribution in [1.29, 1.82) is 0 Å². The normalized spacial score (nSPS) is 10.6. The van der Waals surface area contributed by atoms with Gasteiger partial charge in [0.05, 0.1) is 0 Å². The molecule has 0 fully saturated rings. The number of hydrogen-bond acceptors (Lipinski definition) is 5. The summed E-state index contributed by atoms with van der Waals surface area (Å²) in [6.45, 7) is 6.96. The second-order valence-electron chi connectivity index (χ2n) is 6.69. The first-order valence-corrected chi connectivity index (χ1v) is 8.53. The van der Waals surface area contributed by atoms with Crippen molar-refractivity contribution < 1.29 is 4.79 Å². The first-order chi connectivity index (χ1) is 11.8. The maximum atomic E-state index is 12.5. The van der Waals surface area contributed by atoms with E-state index in [9.17, 15) is 4.79 Å². The van der Waals surface area contributed by atoms with Crippen LogP contribution in [0.15, 0.2) is 30.3 Å². The molecule has 1 aromatic heterocycles. The van der Waals surface area contributed by atoms with Crippen LogP contribution in [0.1, 0.15) is 36.6 Å². The number of amides is 1. The molecule has 0 atom stereocenters. The largest absolute Gasteiger partial charge is 0.378 e. The molecule has 1 amide bonds. The van der Waals surface area contributed by atoms with Gasteiger partial charge in [-0.05, 0) is 43.5 Å². The van der Waals surface area contributed by atoms with E-state index in [0.717, 1.165) is 24.3 Å². The molecule has 2 aromatic rings. The average molecular weight is 341 g/mol. The number of anilines is 3. The van der Waals surface area contributed by atoms with E-state index >= 15 is 0 Å². The highest BCUT2D eigenvalue weighted by Crippen LogP contribution is 2.17. The molecule has 0 saturated carbocycles. The highest BCUT2D eigenvalue weighted by Gasteiger charge is 2.11. The summed E-state index contributed by atoms with van der Waals surface area (Å²) >= 11 is 0. The molecule has 0 spiro atoms. The van der Waals surface area contributed by atoms with Gasteiger partial charge in [-0.15, -0.1) is 0 Å². The molecular weight excluding hydrogens is 314 g/mol. The Hall–Kier alpha value is -2.63. The van der Waals surface area contributed by atoms with E-state index in [-0.39, 0.29) is 5.91 Å². The van der Waals surface area contributed by atoms with Crippen molar-refractivity contribution in [2.75, 3.05) is 36.2 Å². The molecule has 0 radical (unpaired) electrons. The van der Waals surface area contributed by atoms with Crippen molar-refractivity contribution in [2.45, 2.75) is 27.2 Å². The molecule has 6 heteroatoms. The summed E-state index contributed by atoms with van der Waals surface area (Å²) in [4.78, 5) is 23.1. The monoisotopic (exact) mass is 341 g/mol. The molecule has 134 valence electrons. The van der Waals surface area contributed by atoms with Gasteiger partial charge < -0.3 is 15.5 Å². The van der Waals surface area contributed by atoms with Crippen LogP contribution in [-0.2, 0) is 0 Å². The Balaban J connectivity index is 2.06. The molecule has 0 saturated heterocycles. The van der Waals surface area contributed by atoms with E-state index in [1.165, 1.54) is 0 Å². The fraction of sp³-hybridized carbons (Fsp3) is 0.421. The van der Waals surface area contributed by atoms with Crippen LogP contribution in [0.2, 0.25) is 0 Å². The first kappa shape index (κ1) is 18.7. The Bertz CT molecular complexity index is 710. The van der Waals surface area contributed by atoms with Crippen molar-refractivity contribution in [3.05, 3.63) is 41.9 Å². The molecule has 0 aliphatic carbocycles. The minimum absolute atomic E-state index is 0.241. The molecular formula is C19H27N5O. The Morgan fingerprint density at radius 2 is 1.84 bits per heavy atom. The van der Waals surface area contributed by atoms with Gasteiger partial charge in [0.1, 0.15) is 17.3 Å². The zero-order valence-electron chi connectivity index (χ0n) is 15.6. The van der Waals surface area contributed by atoms with E-state index in [1.54, 1.807) is 13.0 Å². The lowest BCUT2D eigenvalue weighted by molar-refractivity contribution is 0.102. The van der Waals surface area contributed by atoms with Crippen LogP contribution < -0.4 is 15.5 Å². The summed E-state index contributed by atoms with van der Waals surface area (Å²) in [5.41, 5.74) is 2.17. The van der Waals surface area contributed by atoms with Crippen molar-refractivity contribution in [1.82, 2.24) is 9.97 Å². The number of hydrogen-bond donors (Lipinski definition) is 2. The van der Waals surface area contributed by atoms with Gasteiger partial charge in [-0.1, -0.05) is 13.8 Å². The smallest absolute Gasteiger partial charge is 0.274 e. The summed E-state index contributed by atoms with van der Waals surface area (Å²) in [5, 5.41) is 6.14. The highest BCUT2D eigenvalue weighted by molar-refractivity contribution is 6.03. The van der Waals surface area contributed by atoms with Crippen LogP contribution in [0.3, 0.4) is 0 Å². The molecule has 0 aliphatic heterocycles. The zero-order chi connectivity index (χ0) is 18.4. The van der Waals surface area contributed by atoms with Crippen molar-refractivity contribution in [2.24, 2.45) is 5.92 Å². The lowest BCUT2D eigenvalue weighted by Gasteiger charge is -2.13. The number of nitrogens with one attached hydrogen (secondary N) is 2. The molecule has 1 heterocycles. The number of nitrogens with zero attached hydrogens (tertiary/aromatic N) is 3. The number of benzene rings is 1. The average Bonchev–Trinajstić information content (AvgIpc) is 2.54. The Kier molecular flexibility index (Phi) is 6.33. The molecule has 2 rings (SSSR count). The van der Waals surface area contributed by atoms with Gasteiger partial charge in [-0.2, -0.15) is 0 Å². The number of aryl methyl sites for hydroxylation is 1. The number of rotatable bonds is 7. The van der Waals surface area contributed by atoms with Crippen LogP contribution in [0.25, 0.3) is 0 Å². The van der Waals surface area contributed by atoms with E-state index in [2.05, 4.69) is 34.4 Å². The molecule has 1 aromatic carbocycles. The Labute approximate surface area is 149 Å². The van der Waals surface area contributed by atoms with E-state index in [4.69, 9.17) is 0 Å². The summed E-state index contributed by atoms with van der Waals surface area (Å²) in [6.07, 6.45) is 1.04. The summed E-state index contributed by atoms with van der Waals surface area (Å²) in [5.74, 6) is 1.63.